The first-order valence-corrected chi connectivity index (χ1v) is 7.23. The maximum atomic E-state index is 11.8. The van der Waals surface area contributed by atoms with Crippen molar-refractivity contribution in [2.24, 2.45) is 0 Å². The van der Waals surface area contributed by atoms with Gasteiger partial charge in [-0.25, -0.2) is 14.6 Å². The van der Waals surface area contributed by atoms with Gasteiger partial charge in [0.1, 0.15) is 11.0 Å². The van der Waals surface area contributed by atoms with Gasteiger partial charge >= 0.3 is 18.0 Å². The summed E-state index contributed by atoms with van der Waals surface area (Å²) in [4.78, 5) is 37.4. The molecule has 0 aliphatic carbocycles. The Labute approximate surface area is 125 Å². The molecule has 1 rings (SSSR count). The lowest BCUT2D eigenvalue weighted by molar-refractivity contribution is -0.140. The Morgan fingerprint density at radius 3 is 2.52 bits per heavy atom. The molecule has 0 fully saturated rings. The second-order valence-corrected chi connectivity index (χ2v) is 5.20. The number of carbonyl (C=O) groups excluding carboxylic acids is 1. The first-order chi connectivity index (χ1) is 9.93. The average Bonchev–Trinajstić information content (AvgIpc) is 2.94. The van der Waals surface area contributed by atoms with Crippen molar-refractivity contribution in [3.05, 3.63) is 16.6 Å². The van der Waals surface area contributed by atoms with E-state index in [-0.39, 0.29) is 18.9 Å². The van der Waals surface area contributed by atoms with Crippen LogP contribution in [0.15, 0.2) is 11.6 Å². The van der Waals surface area contributed by atoms with E-state index in [2.05, 4.69) is 15.6 Å². The van der Waals surface area contributed by atoms with Crippen LogP contribution in [0, 0.1) is 0 Å². The van der Waals surface area contributed by atoms with Crippen LogP contribution in [0.25, 0.3) is 0 Å². The molecule has 9 heteroatoms. The third kappa shape index (κ3) is 5.78. The molecular weight excluding hydrogens is 298 g/mol. The highest BCUT2D eigenvalue weighted by Crippen LogP contribution is 2.18. The second-order valence-electron chi connectivity index (χ2n) is 4.27. The van der Waals surface area contributed by atoms with Gasteiger partial charge in [-0.15, -0.1) is 11.3 Å². The Bertz CT molecular complexity index is 491. The van der Waals surface area contributed by atoms with Crippen LogP contribution in [0.3, 0.4) is 0 Å². The molecule has 0 radical (unpaired) electrons. The molecule has 0 aromatic carbocycles. The Balaban J connectivity index is 2.56. The third-order valence-corrected chi connectivity index (χ3v) is 3.60. The van der Waals surface area contributed by atoms with Gasteiger partial charge in [0, 0.05) is 18.0 Å². The van der Waals surface area contributed by atoms with Crippen molar-refractivity contribution in [3.63, 3.8) is 0 Å². The molecule has 1 unspecified atom stereocenters. The van der Waals surface area contributed by atoms with Gasteiger partial charge in [-0.05, 0) is 12.8 Å². The number of aromatic nitrogens is 1. The van der Waals surface area contributed by atoms with E-state index in [1.54, 1.807) is 11.6 Å². The zero-order chi connectivity index (χ0) is 15.8. The number of hydrogen-bond acceptors (Lipinski definition) is 5. The van der Waals surface area contributed by atoms with Gasteiger partial charge in [-0.2, -0.15) is 0 Å². The SMILES string of the molecule is CCC(NC(=O)N[C@@H](CCC(=O)O)C(=O)O)c1nccs1. The molecule has 0 spiro atoms. The number of carboxylic acids is 2. The summed E-state index contributed by atoms with van der Waals surface area (Å²) < 4.78 is 0. The van der Waals surface area contributed by atoms with Gasteiger partial charge in [-0.3, -0.25) is 4.79 Å². The highest BCUT2D eigenvalue weighted by molar-refractivity contribution is 7.09. The third-order valence-electron chi connectivity index (χ3n) is 2.71. The van der Waals surface area contributed by atoms with Gasteiger partial charge in [0.15, 0.2) is 0 Å². The van der Waals surface area contributed by atoms with Gasteiger partial charge in [-0.1, -0.05) is 6.92 Å². The molecule has 0 saturated heterocycles. The molecule has 21 heavy (non-hydrogen) atoms. The van der Waals surface area contributed by atoms with Crippen molar-refractivity contribution in [1.82, 2.24) is 15.6 Å². The van der Waals surface area contributed by atoms with Crippen LogP contribution in [0.1, 0.15) is 37.2 Å². The molecule has 2 atom stereocenters. The van der Waals surface area contributed by atoms with E-state index >= 15 is 0 Å². The van der Waals surface area contributed by atoms with E-state index in [1.807, 2.05) is 6.92 Å². The van der Waals surface area contributed by atoms with Crippen LogP contribution in [0.2, 0.25) is 0 Å². The van der Waals surface area contributed by atoms with Crippen LogP contribution >= 0.6 is 11.3 Å². The van der Waals surface area contributed by atoms with E-state index in [1.165, 1.54) is 11.3 Å². The predicted molar refractivity (Wildman–Crippen MR) is 75.1 cm³/mol. The number of urea groups is 1. The van der Waals surface area contributed by atoms with Crippen molar-refractivity contribution in [2.45, 2.75) is 38.3 Å². The van der Waals surface area contributed by atoms with E-state index < -0.39 is 24.0 Å². The van der Waals surface area contributed by atoms with Gasteiger partial charge in [0.2, 0.25) is 0 Å². The first-order valence-electron chi connectivity index (χ1n) is 6.35. The summed E-state index contributed by atoms with van der Waals surface area (Å²) in [5, 5.41) is 24.9. The van der Waals surface area contributed by atoms with Crippen molar-refractivity contribution < 1.29 is 24.6 Å². The molecule has 1 aromatic rings. The van der Waals surface area contributed by atoms with Crippen LogP contribution < -0.4 is 10.6 Å². The molecule has 2 amide bonds. The molecule has 1 heterocycles. The van der Waals surface area contributed by atoms with Gasteiger partial charge in [0.05, 0.1) is 6.04 Å². The minimum absolute atomic E-state index is 0.174. The lowest BCUT2D eigenvalue weighted by Gasteiger charge is -2.18. The summed E-state index contributed by atoms with van der Waals surface area (Å²) in [6.07, 6.45) is 1.72. The Hall–Kier alpha value is -2.16. The predicted octanol–water partition coefficient (Wildman–Crippen LogP) is 1.21. The van der Waals surface area contributed by atoms with Crippen molar-refractivity contribution in [1.29, 1.82) is 0 Å². The second kappa shape index (κ2) is 8.20. The Kier molecular flexibility index (Phi) is 6.60. The van der Waals surface area contributed by atoms with Crippen molar-refractivity contribution >= 4 is 29.3 Å². The number of rotatable bonds is 8. The number of carbonyl (C=O) groups is 3. The standard InChI is InChI=1S/C12H17N3O5S/c1-2-7(10-13-5-6-21-10)14-12(20)15-8(11(18)19)3-4-9(16)17/h5-8H,2-4H2,1H3,(H,16,17)(H,18,19)(H2,14,15,20)/t7?,8-/m0/s1. The van der Waals surface area contributed by atoms with E-state index in [0.717, 1.165) is 5.01 Å². The minimum Gasteiger partial charge on any atom is -0.481 e. The first kappa shape index (κ1) is 16.9. The largest absolute Gasteiger partial charge is 0.481 e. The summed E-state index contributed by atoms with van der Waals surface area (Å²) in [5.74, 6) is -2.38. The fourth-order valence-electron chi connectivity index (χ4n) is 1.63. The average molecular weight is 315 g/mol. The van der Waals surface area contributed by atoms with E-state index in [9.17, 15) is 14.4 Å². The van der Waals surface area contributed by atoms with Crippen LogP contribution in [-0.2, 0) is 9.59 Å². The van der Waals surface area contributed by atoms with E-state index in [0.29, 0.717) is 6.42 Å². The molecule has 8 nitrogen and oxygen atoms in total. The Morgan fingerprint density at radius 1 is 1.33 bits per heavy atom. The van der Waals surface area contributed by atoms with Crippen LogP contribution in [0.4, 0.5) is 4.79 Å². The number of nitrogens with one attached hydrogen (secondary N) is 2. The quantitative estimate of drug-likeness (QED) is 0.571. The van der Waals surface area contributed by atoms with Crippen LogP contribution in [0.5, 0.6) is 0 Å². The number of amides is 2. The highest BCUT2D eigenvalue weighted by atomic mass is 32.1. The molecule has 0 aliphatic rings. The van der Waals surface area contributed by atoms with E-state index in [4.69, 9.17) is 10.2 Å². The molecule has 0 aliphatic heterocycles. The fourth-order valence-corrected chi connectivity index (χ4v) is 2.40. The number of thiazole rings is 1. The molecule has 0 saturated carbocycles. The summed E-state index contributed by atoms with van der Waals surface area (Å²) in [5.41, 5.74) is 0. The molecule has 1 aromatic heterocycles. The lowest BCUT2D eigenvalue weighted by Crippen LogP contribution is -2.47. The molecule has 116 valence electrons. The highest BCUT2D eigenvalue weighted by Gasteiger charge is 2.22. The van der Waals surface area contributed by atoms with Crippen LogP contribution in [-0.4, -0.2) is 39.2 Å². The van der Waals surface area contributed by atoms with Crippen molar-refractivity contribution in [2.75, 3.05) is 0 Å². The number of nitrogens with zero attached hydrogens (tertiary/aromatic N) is 1. The number of aliphatic carboxylic acids is 2. The molecule has 4 N–H and O–H groups in total. The van der Waals surface area contributed by atoms with Crippen molar-refractivity contribution in [3.8, 4) is 0 Å². The Morgan fingerprint density at radius 2 is 2.05 bits per heavy atom. The summed E-state index contributed by atoms with van der Waals surface area (Å²) in [7, 11) is 0. The topological polar surface area (TPSA) is 129 Å². The number of carboxylic acid groups (broad SMARTS) is 2. The minimum atomic E-state index is -1.27. The normalized spacial score (nSPS) is 13.2. The maximum Gasteiger partial charge on any atom is 0.326 e. The summed E-state index contributed by atoms with van der Waals surface area (Å²) >= 11 is 1.39. The summed E-state index contributed by atoms with van der Waals surface area (Å²) in [6.45, 7) is 1.87. The summed E-state index contributed by atoms with van der Waals surface area (Å²) in [6, 6.07) is -2.20. The van der Waals surface area contributed by atoms with Gasteiger partial charge in [0.25, 0.3) is 0 Å². The zero-order valence-corrected chi connectivity index (χ0v) is 12.2. The molecular formula is C12H17N3O5S. The number of hydrogen-bond donors (Lipinski definition) is 4. The maximum absolute atomic E-state index is 11.8. The fraction of sp³-hybridized carbons (Fsp3) is 0.500. The molecule has 0 bridgehead atoms. The smallest absolute Gasteiger partial charge is 0.326 e. The zero-order valence-electron chi connectivity index (χ0n) is 11.4. The monoisotopic (exact) mass is 315 g/mol. The lowest BCUT2D eigenvalue weighted by atomic mass is 10.1. The van der Waals surface area contributed by atoms with Gasteiger partial charge < -0.3 is 20.8 Å².